The average Bonchev–Trinajstić information content (AvgIpc) is 2.62. The number of amides is 3. The molecule has 8 heteroatoms. The number of hydrogen-bond acceptors (Lipinski definition) is 4. The molecule has 29 heavy (non-hydrogen) atoms. The number of nitrogens with one attached hydrogen (secondary N) is 2. The highest BCUT2D eigenvalue weighted by Gasteiger charge is 2.36. The molecule has 1 unspecified atom stereocenters. The third-order valence-electron chi connectivity index (χ3n) is 4.19. The first-order valence-electron chi connectivity index (χ1n) is 9.86. The standard InChI is InChI=1S/C21H32ClN3O4/c1-6-8-12-25(14-17(26)29-7-2)19(27)18(21(3,4)5)24-20(28)23-16-11-9-10-15(22)13-16/h9-11,13,18H,6-8,12,14H2,1-5H3,(H2,23,24,28). The highest BCUT2D eigenvalue weighted by Crippen LogP contribution is 2.22. The van der Waals surface area contributed by atoms with Crippen LogP contribution in [0.15, 0.2) is 24.3 Å². The molecule has 1 rings (SSSR count). The summed E-state index contributed by atoms with van der Waals surface area (Å²) in [6.07, 6.45) is 1.62. The Balaban J connectivity index is 2.96. The van der Waals surface area contributed by atoms with Crippen molar-refractivity contribution in [3.8, 4) is 0 Å². The van der Waals surface area contributed by atoms with Gasteiger partial charge in [0.15, 0.2) is 0 Å². The summed E-state index contributed by atoms with van der Waals surface area (Å²) in [7, 11) is 0. The fourth-order valence-electron chi connectivity index (χ4n) is 2.67. The highest BCUT2D eigenvalue weighted by molar-refractivity contribution is 6.30. The number of carbonyl (C=O) groups excluding carboxylic acids is 3. The van der Waals surface area contributed by atoms with Crippen LogP contribution in [0.1, 0.15) is 47.5 Å². The van der Waals surface area contributed by atoms with Gasteiger partial charge in [0.25, 0.3) is 0 Å². The van der Waals surface area contributed by atoms with Crippen LogP contribution in [-0.4, -0.2) is 48.5 Å². The van der Waals surface area contributed by atoms with Crippen LogP contribution in [0.3, 0.4) is 0 Å². The second-order valence-electron chi connectivity index (χ2n) is 7.83. The number of anilines is 1. The molecule has 0 fully saturated rings. The van der Waals surface area contributed by atoms with Gasteiger partial charge in [0.2, 0.25) is 5.91 Å². The normalized spacial score (nSPS) is 12.1. The molecule has 0 aliphatic rings. The van der Waals surface area contributed by atoms with Gasteiger partial charge in [-0.25, -0.2) is 4.79 Å². The molecule has 7 nitrogen and oxygen atoms in total. The van der Waals surface area contributed by atoms with Gasteiger partial charge >= 0.3 is 12.0 Å². The molecular formula is C21H32ClN3O4. The second kappa shape index (κ2) is 11.7. The van der Waals surface area contributed by atoms with E-state index < -0.39 is 23.5 Å². The van der Waals surface area contributed by atoms with Crippen LogP contribution < -0.4 is 10.6 Å². The molecule has 0 aliphatic carbocycles. The molecule has 162 valence electrons. The van der Waals surface area contributed by atoms with Gasteiger partial charge in [-0.15, -0.1) is 0 Å². The maximum Gasteiger partial charge on any atom is 0.325 e. The van der Waals surface area contributed by atoms with E-state index in [-0.39, 0.29) is 19.1 Å². The van der Waals surface area contributed by atoms with Crippen molar-refractivity contribution in [2.45, 2.75) is 53.5 Å². The molecule has 0 aliphatic heterocycles. The Morgan fingerprint density at radius 1 is 1.21 bits per heavy atom. The Morgan fingerprint density at radius 3 is 2.45 bits per heavy atom. The smallest absolute Gasteiger partial charge is 0.325 e. The topological polar surface area (TPSA) is 87.7 Å². The van der Waals surface area contributed by atoms with Crippen molar-refractivity contribution in [2.24, 2.45) is 5.41 Å². The summed E-state index contributed by atoms with van der Waals surface area (Å²) in [5, 5.41) is 5.93. The van der Waals surface area contributed by atoms with Crippen molar-refractivity contribution in [3.63, 3.8) is 0 Å². The summed E-state index contributed by atoms with van der Waals surface area (Å²) >= 11 is 5.94. The zero-order chi connectivity index (χ0) is 22.0. The average molecular weight is 426 g/mol. The minimum Gasteiger partial charge on any atom is -0.465 e. The van der Waals surface area contributed by atoms with Gasteiger partial charge in [-0.3, -0.25) is 9.59 Å². The third kappa shape index (κ3) is 8.73. The lowest BCUT2D eigenvalue weighted by Crippen LogP contribution is -2.56. The SMILES string of the molecule is CCCCN(CC(=O)OCC)C(=O)C(NC(=O)Nc1cccc(Cl)c1)C(C)(C)C. The van der Waals surface area contributed by atoms with Crippen LogP contribution in [0.5, 0.6) is 0 Å². The Bertz CT molecular complexity index is 703. The number of urea groups is 1. The Kier molecular flexibility index (Phi) is 9.95. The number of ether oxygens (including phenoxy) is 1. The lowest BCUT2D eigenvalue weighted by Gasteiger charge is -2.34. The summed E-state index contributed by atoms with van der Waals surface area (Å²) in [4.78, 5) is 39.2. The Morgan fingerprint density at radius 2 is 1.90 bits per heavy atom. The summed E-state index contributed by atoms with van der Waals surface area (Å²) in [6, 6.07) is 5.39. The van der Waals surface area contributed by atoms with E-state index in [1.165, 1.54) is 4.90 Å². The summed E-state index contributed by atoms with van der Waals surface area (Å²) in [5.74, 6) is -0.784. The zero-order valence-electron chi connectivity index (χ0n) is 17.9. The maximum absolute atomic E-state index is 13.2. The molecule has 3 amide bonds. The molecule has 2 N–H and O–H groups in total. The summed E-state index contributed by atoms with van der Waals surface area (Å²) in [5.41, 5.74) is -0.0495. The fraction of sp³-hybridized carbons (Fsp3) is 0.571. The molecule has 0 aromatic heterocycles. The molecule has 0 heterocycles. The summed E-state index contributed by atoms with van der Waals surface area (Å²) < 4.78 is 4.99. The van der Waals surface area contributed by atoms with E-state index in [2.05, 4.69) is 10.6 Å². The number of unbranched alkanes of at least 4 members (excludes halogenated alkanes) is 1. The van der Waals surface area contributed by atoms with E-state index in [0.717, 1.165) is 12.8 Å². The molecule has 0 bridgehead atoms. The first-order valence-corrected chi connectivity index (χ1v) is 10.2. The number of halogens is 1. The van der Waals surface area contributed by atoms with Gasteiger partial charge in [-0.2, -0.15) is 0 Å². The molecule has 1 atom stereocenters. The molecule has 0 saturated carbocycles. The fourth-order valence-corrected chi connectivity index (χ4v) is 2.86. The quantitative estimate of drug-likeness (QED) is 0.584. The van der Waals surface area contributed by atoms with E-state index in [9.17, 15) is 14.4 Å². The molecule has 0 spiro atoms. The summed E-state index contributed by atoms with van der Waals surface area (Å²) in [6.45, 7) is 9.82. The minimum absolute atomic E-state index is 0.142. The molecule has 0 radical (unpaired) electrons. The maximum atomic E-state index is 13.2. The molecule has 1 aromatic rings. The minimum atomic E-state index is -0.826. The predicted molar refractivity (Wildman–Crippen MR) is 115 cm³/mol. The van der Waals surface area contributed by atoms with E-state index >= 15 is 0 Å². The number of carbonyl (C=O) groups is 3. The Hall–Kier alpha value is -2.28. The van der Waals surface area contributed by atoms with Crippen LogP contribution in [0.4, 0.5) is 10.5 Å². The van der Waals surface area contributed by atoms with Crippen molar-refractivity contribution in [1.29, 1.82) is 0 Å². The predicted octanol–water partition coefficient (Wildman–Crippen LogP) is 4.07. The molecule has 0 saturated heterocycles. The highest BCUT2D eigenvalue weighted by atomic mass is 35.5. The van der Waals surface area contributed by atoms with Crippen LogP contribution in [-0.2, 0) is 14.3 Å². The zero-order valence-corrected chi connectivity index (χ0v) is 18.6. The van der Waals surface area contributed by atoms with E-state index in [1.807, 2.05) is 27.7 Å². The number of benzene rings is 1. The first-order chi connectivity index (χ1) is 13.6. The lowest BCUT2D eigenvalue weighted by atomic mass is 9.85. The molecule has 1 aromatic carbocycles. The van der Waals surface area contributed by atoms with Crippen molar-refractivity contribution >= 4 is 35.2 Å². The van der Waals surface area contributed by atoms with Crippen molar-refractivity contribution < 1.29 is 19.1 Å². The van der Waals surface area contributed by atoms with E-state index in [4.69, 9.17) is 16.3 Å². The van der Waals surface area contributed by atoms with Crippen molar-refractivity contribution in [3.05, 3.63) is 29.3 Å². The van der Waals surface area contributed by atoms with E-state index in [0.29, 0.717) is 17.3 Å². The van der Waals surface area contributed by atoms with Gasteiger partial charge in [0, 0.05) is 17.3 Å². The number of hydrogen-bond donors (Lipinski definition) is 2. The van der Waals surface area contributed by atoms with Crippen LogP contribution >= 0.6 is 11.6 Å². The second-order valence-corrected chi connectivity index (χ2v) is 8.26. The van der Waals surface area contributed by atoms with Crippen LogP contribution in [0.2, 0.25) is 5.02 Å². The lowest BCUT2D eigenvalue weighted by molar-refractivity contribution is -0.150. The van der Waals surface area contributed by atoms with Gasteiger partial charge < -0.3 is 20.3 Å². The van der Waals surface area contributed by atoms with Gasteiger partial charge in [0.05, 0.1) is 6.61 Å². The number of nitrogens with zero attached hydrogens (tertiary/aromatic N) is 1. The van der Waals surface area contributed by atoms with Gasteiger partial charge in [-0.1, -0.05) is 51.8 Å². The van der Waals surface area contributed by atoms with Gasteiger partial charge in [0.1, 0.15) is 12.6 Å². The van der Waals surface area contributed by atoms with Crippen molar-refractivity contribution in [2.75, 3.05) is 25.0 Å². The molecular weight excluding hydrogens is 394 g/mol. The number of esters is 1. The van der Waals surface area contributed by atoms with Crippen molar-refractivity contribution in [1.82, 2.24) is 10.2 Å². The van der Waals surface area contributed by atoms with Crippen LogP contribution in [0, 0.1) is 5.41 Å². The van der Waals surface area contributed by atoms with Gasteiger partial charge in [-0.05, 0) is 37.0 Å². The Labute approximate surface area is 178 Å². The van der Waals surface area contributed by atoms with E-state index in [1.54, 1.807) is 31.2 Å². The van der Waals surface area contributed by atoms with Crippen LogP contribution in [0.25, 0.3) is 0 Å². The number of rotatable bonds is 9. The largest absolute Gasteiger partial charge is 0.465 e. The third-order valence-corrected chi connectivity index (χ3v) is 4.42. The monoisotopic (exact) mass is 425 g/mol. The first kappa shape index (κ1) is 24.8.